The van der Waals surface area contributed by atoms with E-state index in [1.165, 1.54) is 6.33 Å². The van der Waals surface area contributed by atoms with Gasteiger partial charge in [0, 0.05) is 17.4 Å². The molecule has 0 saturated carbocycles. The van der Waals surface area contributed by atoms with Gasteiger partial charge >= 0.3 is 11.7 Å². The number of nitrogens with one attached hydrogen (secondary N) is 2. The van der Waals surface area contributed by atoms with Gasteiger partial charge in [0.1, 0.15) is 11.8 Å². The summed E-state index contributed by atoms with van der Waals surface area (Å²) in [7, 11) is 0. The molecule has 0 unspecified atom stereocenters. The number of H-pyrrole nitrogens is 1. The second-order valence-electron chi connectivity index (χ2n) is 6.39. The number of aromatic amines is 1. The van der Waals surface area contributed by atoms with Crippen LogP contribution in [0.4, 0.5) is 11.5 Å². The van der Waals surface area contributed by atoms with Crippen molar-refractivity contribution in [3.05, 3.63) is 58.0 Å². The van der Waals surface area contributed by atoms with E-state index in [-0.39, 0.29) is 6.61 Å². The van der Waals surface area contributed by atoms with Crippen molar-refractivity contribution in [1.29, 1.82) is 0 Å². The summed E-state index contributed by atoms with van der Waals surface area (Å²) < 4.78 is 11.3. The number of aromatic nitrogens is 5. The van der Waals surface area contributed by atoms with Crippen LogP contribution in [0, 0.1) is 13.8 Å². The topological polar surface area (TPSA) is 127 Å². The molecule has 0 saturated heterocycles. The van der Waals surface area contributed by atoms with Gasteiger partial charge < -0.3 is 10.1 Å². The summed E-state index contributed by atoms with van der Waals surface area (Å²) in [6.07, 6.45) is 3.02. The van der Waals surface area contributed by atoms with Crippen molar-refractivity contribution in [2.24, 2.45) is 0 Å². The molecule has 0 aliphatic heterocycles. The van der Waals surface area contributed by atoms with E-state index in [4.69, 9.17) is 4.74 Å². The van der Waals surface area contributed by atoms with Crippen molar-refractivity contribution in [1.82, 2.24) is 24.7 Å². The average Bonchev–Trinajstić information content (AvgIpc) is 3.28. The van der Waals surface area contributed by atoms with Crippen LogP contribution in [0.25, 0.3) is 16.9 Å². The van der Waals surface area contributed by atoms with Crippen molar-refractivity contribution in [2.45, 2.75) is 20.8 Å². The van der Waals surface area contributed by atoms with Crippen molar-refractivity contribution in [3.8, 4) is 11.4 Å². The molecule has 0 amide bonds. The fraction of sp³-hybridized carbons (Fsp3) is 0.211. The Morgan fingerprint density at radius 1 is 1.34 bits per heavy atom. The number of hydrogen-bond acceptors (Lipinski definition) is 8. The maximum Gasteiger partial charge on any atom is 0.439 e. The Bertz CT molecular complexity index is 1270. The van der Waals surface area contributed by atoms with Crippen molar-refractivity contribution in [3.63, 3.8) is 0 Å². The van der Waals surface area contributed by atoms with Crippen LogP contribution in [0.1, 0.15) is 28.4 Å². The first-order valence-electron chi connectivity index (χ1n) is 8.92. The maximum atomic E-state index is 12.2. The lowest BCUT2D eigenvalue weighted by Gasteiger charge is -2.11. The zero-order chi connectivity index (χ0) is 20.5. The number of rotatable bonds is 5. The molecule has 4 rings (SSSR count). The van der Waals surface area contributed by atoms with Gasteiger partial charge in [0.25, 0.3) is 0 Å². The highest BCUT2D eigenvalue weighted by molar-refractivity contribution is 5.95. The number of benzene rings is 1. The molecule has 0 aliphatic rings. The zero-order valence-corrected chi connectivity index (χ0v) is 16.0. The molecule has 0 aliphatic carbocycles. The highest BCUT2D eigenvalue weighted by Gasteiger charge is 2.19. The number of aryl methyl sites for hydroxylation is 2. The van der Waals surface area contributed by atoms with E-state index in [2.05, 4.69) is 30.1 Å². The van der Waals surface area contributed by atoms with Gasteiger partial charge in [-0.05, 0) is 38.0 Å². The third kappa shape index (κ3) is 3.35. The largest absolute Gasteiger partial charge is 0.462 e. The lowest BCUT2D eigenvalue weighted by atomic mass is 10.1. The van der Waals surface area contributed by atoms with Crippen LogP contribution in [0.3, 0.4) is 0 Å². The molecule has 148 valence electrons. The van der Waals surface area contributed by atoms with E-state index in [1.54, 1.807) is 17.6 Å². The molecule has 10 nitrogen and oxygen atoms in total. The molecule has 3 heterocycles. The summed E-state index contributed by atoms with van der Waals surface area (Å²) in [6.45, 7) is 5.80. The Labute approximate surface area is 164 Å². The predicted octanol–water partition coefficient (Wildman–Crippen LogP) is 2.61. The van der Waals surface area contributed by atoms with Crippen molar-refractivity contribution >= 4 is 23.0 Å². The van der Waals surface area contributed by atoms with E-state index in [1.807, 2.05) is 32.0 Å². The molecule has 29 heavy (non-hydrogen) atoms. The third-order valence-electron chi connectivity index (χ3n) is 4.53. The molecule has 3 aromatic heterocycles. The van der Waals surface area contributed by atoms with Crippen LogP contribution >= 0.6 is 0 Å². The standard InChI is InChI=1S/C19H18N6O4/c1-4-28-18(26)13-8-25-15(11(13)3)17(20-9-21-25)22-14-7-12(6-5-10(14)2)16-23-19(27)29-24-16/h5-9H,4H2,1-3H3,(H,20,21,22)(H,23,24,27). The lowest BCUT2D eigenvalue weighted by molar-refractivity contribution is 0.0525. The molecule has 0 bridgehead atoms. The minimum Gasteiger partial charge on any atom is -0.462 e. The van der Waals surface area contributed by atoms with Gasteiger partial charge in [0.2, 0.25) is 0 Å². The van der Waals surface area contributed by atoms with E-state index >= 15 is 0 Å². The third-order valence-corrected chi connectivity index (χ3v) is 4.53. The second kappa shape index (κ2) is 7.23. The number of esters is 1. The van der Waals surface area contributed by atoms with Crippen molar-refractivity contribution in [2.75, 3.05) is 11.9 Å². The summed E-state index contributed by atoms with van der Waals surface area (Å²) in [5, 5.41) is 11.2. The molecule has 0 radical (unpaired) electrons. The highest BCUT2D eigenvalue weighted by atomic mass is 16.5. The van der Waals surface area contributed by atoms with Gasteiger partial charge in [-0.15, -0.1) is 0 Å². The predicted molar refractivity (Wildman–Crippen MR) is 104 cm³/mol. The van der Waals surface area contributed by atoms with Gasteiger partial charge in [0.15, 0.2) is 11.6 Å². The van der Waals surface area contributed by atoms with Crippen LogP contribution < -0.4 is 11.1 Å². The molecule has 0 fully saturated rings. The average molecular weight is 394 g/mol. The van der Waals surface area contributed by atoms with Crippen LogP contribution in [0.15, 0.2) is 40.0 Å². The SMILES string of the molecule is CCOC(=O)c1cn2ncnc(Nc3cc(-c4noc(=O)[nH]4)ccc3C)c2c1C. The van der Waals surface area contributed by atoms with Crippen LogP contribution in [-0.4, -0.2) is 37.3 Å². The number of nitrogens with zero attached hydrogens (tertiary/aromatic N) is 4. The van der Waals surface area contributed by atoms with Crippen molar-refractivity contribution < 1.29 is 14.1 Å². The van der Waals surface area contributed by atoms with Gasteiger partial charge in [-0.25, -0.2) is 19.1 Å². The summed E-state index contributed by atoms with van der Waals surface area (Å²) >= 11 is 0. The number of anilines is 2. The van der Waals surface area contributed by atoms with E-state index < -0.39 is 11.7 Å². The Hall–Kier alpha value is -3.95. The number of hydrogen-bond donors (Lipinski definition) is 2. The first-order chi connectivity index (χ1) is 14.0. The van der Waals surface area contributed by atoms with Crippen LogP contribution in [0.2, 0.25) is 0 Å². The summed E-state index contributed by atoms with van der Waals surface area (Å²) in [4.78, 5) is 30.3. The fourth-order valence-corrected chi connectivity index (χ4v) is 3.05. The minimum absolute atomic E-state index is 0.289. The monoisotopic (exact) mass is 394 g/mol. The quantitative estimate of drug-likeness (QED) is 0.495. The lowest BCUT2D eigenvalue weighted by Crippen LogP contribution is -2.04. The summed E-state index contributed by atoms with van der Waals surface area (Å²) in [5.74, 6) is -0.172. The maximum absolute atomic E-state index is 12.2. The first kappa shape index (κ1) is 18.4. The van der Waals surface area contributed by atoms with Gasteiger partial charge in [-0.2, -0.15) is 5.10 Å². The molecule has 0 atom stereocenters. The fourth-order valence-electron chi connectivity index (χ4n) is 3.05. The summed E-state index contributed by atoms with van der Waals surface area (Å²) in [5.41, 5.74) is 4.18. The normalized spacial score (nSPS) is 11.0. The first-order valence-corrected chi connectivity index (χ1v) is 8.92. The molecule has 0 spiro atoms. The Kier molecular flexibility index (Phi) is 4.59. The molecular formula is C19H18N6O4. The summed E-state index contributed by atoms with van der Waals surface area (Å²) in [6, 6.07) is 5.54. The zero-order valence-electron chi connectivity index (χ0n) is 16.0. The molecule has 2 N–H and O–H groups in total. The van der Waals surface area contributed by atoms with Crippen LogP contribution in [-0.2, 0) is 4.74 Å². The van der Waals surface area contributed by atoms with Gasteiger partial charge in [-0.1, -0.05) is 17.3 Å². The smallest absolute Gasteiger partial charge is 0.439 e. The Morgan fingerprint density at radius 2 is 2.17 bits per heavy atom. The van der Waals surface area contributed by atoms with Gasteiger partial charge in [-0.3, -0.25) is 9.51 Å². The van der Waals surface area contributed by atoms with E-state index in [0.29, 0.717) is 33.8 Å². The number of ether oxygens (including phenoxy) is 1. The second-order valence-corrected chi connectivity index (χ2v) is 6.39. The molecule has 1 aromatic carbocycles. The van der Waals surface area contributed by atoms with E-state index in [0.717, 1.165) is 11.3 Å². The molecule has 10 heteroatoms. The minimum atomic E-state index is -0.622. The number of carbonyl (C=O) groups excluding carboxylic acids is 1. The Balaban J connectivity index is 1.76. The Morgan fingerprint density at radius 3 is 2.90 bits per heavy atom. The number of fused-ring (bicyclic) bond motifs is 1. The molecule has 4 aromatic rings. The highest BCUT2D eigenvalue weighted by Crippen LogP contribution is 2.29. The van der Waals surface area contributed by atoms with Crippen LogP contribution in [0.5, 0.6) is 0 Å². The number of carbonyl (C=O) groups is 1. The van der Waals surface area contributed by atoms with E-state index in [9.17, 15) is 9.59 Å². The molecular weight excluding hydrogens is 376 g/mol. The van der Waals surface area contributed by atoms with Gasteiger partial charge in [0.05, 0.1) is 12.2 Å².